The van der Waals surface area contributed by atoms with Crippen LogP contribution >= 0.6 is 0 Å². The van der Waals surface area contributed by atoms with E-state index in [0.29, 0.717) is 32.7 Å². The Kier molecular flexibility index (Phi) is 9.04. The van der Waals surface area contributed by atoms with Crippen molar-refractivity contribution in [2.24, 2.45) is 11.6 Å². The third kappa shape index (κ3) is 5.88. The van der Waals surface area contributed by atoms with Crippen LogP contribution in [0.4, 0.5) is 0 Å². The van der Waals surface area contributed by atoms with Crippen molar-refractivity contribution in [1.29, 1.82) is 0 Å². The quantitative estimate of drug-likeness (QED) is 0.609. The van der Waals surface area contributed by atoms with Crippen LogP contribution in [0.1, 0.15) is 26.7 Å². The second-order valence-corrected chi connectivity index (χ2v) is 3.82. The van der Waals surface area contributed by atoms with E-state index in [9.17, 15) is 4.79 Å². The van der Waals surface area contributed by atoms with Gasteiger partial charge in [0.2, 0.25) is 5.91 Å². The lowest BCUT2D eigenvalue weighted by atomic mass is 10.2. The number of rotatable bonds is 0. The van der Waals surface area contributed by atoms with Crippen LogP contribution in [0.3, 0.4) is 0 Å². The highest BCUT2D eigenvalue weighted by Gasteiger charge is 2.12. The summed E-state index contributed by atoms with van der Waals surface area (Å²) in [5.41, 5.74) is 6.20. The minimum Gasteiger partial charge on any atom is -0.403 e. The van der Waals surface area contributed by atoms with E-state index in [4.69, 9.17) is 16.3 Å². The number of hydrogen-bond donors (Lipinski definition) is 2. The van der Waals surface area contributed by atoms with Gasteiger partial charge in [0.25, 0.3) is 0 Å². The van der Waals surface area contributed by atoms with Gasteiger partial charge in [0.1, 0.15) is 0 Å². The zero-order chi connectivity index (χ0) is 14.0. The molecule has 0 aromatic carbocycles. The molecule has 1 saturated heterocycles. The van der Waals surface area contributed by atoms with Crippen molar-refractivity contribution >= 4 is 5.91 Å². The minimum atomic E-state index is 0.122. The third-order valence-corrected chi connectivity index (χ3v) is 2.60. The molecule has 0 radical (unpaired) electrons. The van der Waals surface area contributed by atoms with Gasteiger partial charge < -0.3 is 20.4 Å². The molecule has 0 saturated carbocycles. The van der Waals surface area contributed by atoms with Crippen molar-refractivity contribution in [2.45, 2.75) is 26.7 Å². The second kappa shape index (κ2) is 9.73. The van der Waals surface area contributed by atoms with Crippen molar-refractivity contribution in [1.82, 2.24) is 9.91 Å². The minimum absolute atomic E-state index is 0.122. The predicted octanol–water partition coefficient (Wildman–Crippen LogP) is 0.257. The summed E-state index contributed by atoms with van der Waals surface area (Å²) >= 11 is 0. The molecule has 18 heavy (non-hydrogen) atoms. The highest BCUT2D eigenvalue weighted by Crippen LogP contribution is 2.04. The molecule has 0 spiro atoms. The van der Waals surface area contributed by atoms with E-state index in [2.05, 4.69) is 0 Å². The van der Waals surface area contributed by atoms with Gasteiger partial charge in [-0.3, -0.25) is 4.79 Å². The molecule has 106 valence electrons. The van der Waals surface area contributed by atoms with Gasteiger partial charge in [-0.2, -0.15) is 0 Å². The van der Waals surface area contributed by atoms with Crippen LogP contribution in [0, 0.1) is 0 Å². The molecule has 6 heteroatoms. The van der Waals surface area contributed by atoms with Gasteiger partial charge in [-0.15, -0.1) is 0 Å². The van der Waals surface area contributed by atoms with Gasteiger partial charge in [0.05, 0.1) is 18.9 Å². The summed E-state index contributed by atoms with van der Waals surface area (Å²) in [4.78, 5) is 13.3. The van der Waals surface area contributed by atoms with E-state index in [1.807, 2.05) is 13.8 Å². The third-order valence-electron chi connectivity index (χ3n) is 2.60. The number of amides is 1. The van der Waals surface area contributed by atoms with Crippen molar-refractivity contribution in [2.75, 3.05) is 33.4 Å². The van der Waals surface area contributed by atoms with Gasteiger partial charge >= 0.3 is 0 Å². The number of nitrogens with zero attached hydrogens (tertiary/aromatic N) is 2. The molecule has 1 rings (SSSR count). The Morgan fingerprint density at radius 2 is 2.00 bits per heavy atom. The maximum Gasteiger partial charge on any atom is 0.222 e. The predicted molar refractivity (Wildman–Crippen MR) is 72.2 cm³/mol. The Morgan fingerprint density at radius 1 is 1.33 bits per heavy atom. The average Bonchev–Trinajstić information content (AvgIpc) is 2.41. The zero-order valence-corrected chi connectivity index (χ0v) is 11.7. The van der Waals surface area contributed by atoms with Crippen LogP contribution in [0.15, 0.2) is 11.9 Å². The van der Waals surface area contributed by atoms with E-state index in [-0.39, 0.29) is 5.91 Å². The first-order valence-corrected chi connectivity index (χ1v) is 6.40. The fourth-order valence-electron chi connectivity index (χ4n) is 1.46. The highest BCUT2D eigenvalue weighted by molar-refractivity contribution is 5.75. The number of carbonyl (C=O) groups excluding carboxylic acids is 1. The Morgan fingerprint density at radius 3 is 2.61 bits per heavy atom. The van der Waals surface area contributed by atoms with E-state index < -0.39 is 0 Å². The maximum atomic E-state index is 11.6. The molecule has 1 aliphatic rings. The molecule has 0 atom stereocenters. The first-order valence-electron chi connectivity index (χ1n) is 6.40. The number of hydrogen-bond acceptors (Lipinski definition) is 5. The van der Waals surface area contributed by atoms with Crippen LogP contribution in [0.25, 0.3) is 0 Å². The molecule has 6 nitrogen and oxygen atoms in total. The van der Waals surface area contributed by atoms with Crippen molar-refractivity contribution < 1.29 is 9.53 Å². The van der Waals surface area contributed by atoms with Crippen LogP contribution in [0.2, 0.25) is 0 Å². The van der Waals surface area contributed by atoms with E-state index in [1.165, 1.54) is 6.20 Å². The summed E-state index contributed by atoms with van der Waals surface area (Å²) in [6.45, 7) is 6.08. The second-order valence-electron chi connectivity index (χ2n) is 3.82. The molecule has 0 aromatic rings. The molecular formula is C12H26N4O2. The number of ether oxygens (including phenoxy) is 1. The Balaban J connectivity index is 0.00000137. The number of nitrogens with two attached hydrogens (primary N) is 2. The van der Waals surface area contributed by atoms with E-state index in [1.54, 1.807) is 17.0 Å². The Hall–Kier alpha value is -1.27. The van der Waals surface area contributed by atoms with Gasteiger partial charge in [-0.1, -0.05) is 13.8 Å². The molecule has 4 N–H and O–H groups in total. The highest BCUT2D eigenvalue weighted by atomic mass is 16.5. The van der Waals surface area contributed by atoms with Crippen molar-refractivity contribution in [3.63, 3.8) is 0 Å². The average molecular weight is 258 g/mol. The molecular weight excluding hydrogens is 232 g/mol. The van der Waals surface area contributed by atoms with Crippen LogP contribution in [0.5, 0.6) is 0 Å². The molecule has 1 aliphatic heterocycles. The van der Waals surface area contributed by atoms with Crippen LogP contribution in [-0.2, 0) is 9.53 Å². The topological polar surface area (TPSA) is 84.8 Å². The number of carbonyl (C=O) groups is 1. The van der Waals surface area contributed by atoms with Gasteiger partial charge in [0, 0.05) is 32.8 Å². The first kappa shape index (κ1) is 16.7. The van der Waals surface area contributed by atoms with E-state index >= 15 is 0 Å². The monoisotopic (exact) mass is 258 g/mol. The fourth-order valence-corrected chi connectivity index (χ4v) is 1.46. The normalized spacial score (nSPS) is 21.1. The summed E-state index contributed by atoms with van der Waals surface area (Å²) in [7, 11) is 1.78. The molecule has 0 bridgehead atoms. The zero-order valence-electron chi connectivity index (χ0n) is 11.7. The smallest absolute Gasteiger partial charge is 0.222 e. The maximum absolute atomic E-state index is 11.6. The summed E-state index contributed by atoms with van der Waals surface area (Å²) in [6.07, 6.45) is 2.67. The first-order chi connectivity index (χ1) is 8.65. The van der Waals surface area contributed by atoms with Crippen molar-refractivity contribution in [3.8, 4) is 0 Å². The molecule has 1 amide bonds. The van der Waals surface area contributed by atoms with E-state index in [0.717, 1.165) is 12.1 Å². The largest absolute Gasteiger partial charge is 0.403 e. The molecule has 1 fully saturated rings. The summed E-state index contributed by atoms with van der Waals surface area (Å²) in [5, 5.41) is 1.54. The van der Waals surface area contributed by atoms with Crippen LogP contribution in [-0.4, -0.2) is 49.2 Å². The Labute approximate surface area is 110 Å². The lowest BCUT2D eigenvalue weighted by Crippen LogP contribution is -2.34. The SMILES string of the molecule is CC.CN1CCOC/C(=C/N)N(N)CCCC1=O. The standard InChI is InChI=1S/C10H20N4O2.C2H6/c1-13-5-6-16-8-9(7-11)14(12)4-2-3-10(13)15;1-2/h7H,2-6,8,11-12H2,1H3;1-2H3/b9-7-;. The van der Waals surface area contributed by atoms with Gasteiger partial charge in [0.15, 0.2) is 0 Å². The summed E-state index contributed by atoms with van der Waals surface area (Å²) in [6, 6.07) is 0. The molecule has 0 aromatic heterocycles. The number of likely N-dealkylation sites (N-methyl/N-ethyl adjacent to an activating group) is 1. The number of hydrazine groups is 1. The molecule has 0 unspecified atom stereocenters. The van der Waals surface area contributed by atoms with Gasteiger partial charge in [-0.25, -0.2) is 5.84 Å². The molecule has 1 heterocycles. The van der Waals surface area contributed by atoms with Crippen LogP contribution < -0.4 is 11.6 Å². The Bertz CT molecular complexity index is 269. The van der Waals surface area contributed by atoms with Crippen molar-refractivity contribution in [3.05, 3.63) is 11.9 Å². The summed E-state index contributed by atoms with van der Waals surface area (Å²) < 4.78 is 5.39. The summed E-state index contributed by atoms with van der Waals surface area (Å²) in [5.74, 6) is 5.91. The lowest BCUT2D eigenvalue weighted by molar-refractivity contribution is -0.130. The van der Waals surface area contributed by atoms with Gasteiger partial charge in [-0.05, 0) is 6.42 Å². The fraction of sp³-hybridized carbons (Fsp3) is 0.750. The lowest BCUT2D eigenvalue weighted by Gasteiger charge is -2.20. The molecule has 0 aliphatic carbocycles.